The molecule has 1 aliphatic carbocycles. The Morgan fingerprint density at radius 2 is 2.05 bits per heavy atom. The van der Waals surface area contributed by atoms with Crippen LogP contribution in [0.1, 0.15) is 36.3 Å². The highest BCUT2D eigenvalue weighted by Gasteiger charge is 2.19. The van der Waals surface area contributed by atoms with Gasteiger partial charge in [-0.2, -0.15) is 0 Å². The van der Waals surface area contributed by atoms with Gasteiger partial charge in [0.2, 0.25) is 0 Å². The molecule has 0 unspecified atom stereocenters. The third kappa shape index (κ3) is 1.83. The molecule has 2 nitrogen and oxygen atoms in total. The summed E-state index contributed by atoms with van der Waals surface area (Å²) in [5.74, 6) is 0.799. The predicted octanol–water partition coefficient (Wildman–Crippen LogP) is 4.81. The molecule has 0 atom stereocenters. The fraction of sp³-hybridized carbons (Fsp3) is 0.278. The molecule has 1 aliphatic rings. The molecular formula is C18H18N2. The van der Waals surface area contributed by atoms with E-state index in [-0.39, 0.29) is 0 Å². The molecular weight excluding hydrogens is 244 g/mol. The molecule has 4 rings (SSSR count). The van der Waals surface area contributed by atoms with Gasteiger partial charge in [0.1, 0.15) is 5.65 Å². The van der Waals surface area contributed by atoms with E-state index in [9.17, 15) is 0 Å². The molecule has 0 amide bonds. The largest absolute Gasteiger partial charge is 0.346 e. The van der Waals surface area contributed by atoms with Gasteiger partial charge in [-0.15, -0.1) is 0 Å². The van der Waals surface area contributed by atoms with E-state index in [1.54, 1.807) is 0 Å². The predicted molar refractivity (Wildman–Crippen MR) is 82.9 cm³/mol. The van der Waals surface area contributed by atoms with E-state index in [0.29, 0.717) is 0 Å². The van der Waals surface area contributed by atoms with Gasteiger partial charge in [0.15, 0.2) is 0 Å². The zero-order chi connectivity index (χ0) is 13.5. The van der Waals surface area contributed by atoms with Crippen LogP contribution in [-0.2, 0) is 0 Å². The van der Waals surface area contributed by atoms with Crippen LogP contribution in [0.25, 0.3) is 22.2 Å². The van der Waals surface area contributed by atoms with Crippen molar-refractivity contribution >= 4 is 11.0 Å². The molecule has 0 spiro atoms. The lowest BCUT2D eigenvalue weighted by Gasteiger charge is -2.26. The van der Waals surface area contributed by atoms with Gasteiger partial charge in [-0.25, -0.2) is 4.98 Å². The van der Waals surface area contributed by atoms with Crippen molar-refractivity contribution in [2.75, 3.05) is 0 Å². The summed E-state index contributed by atoms with van der Waals surface area (Å²) in [6.45, 7) is 2.21. The van der Waals surface area contributed by atoms with Gasteiger partial charge in [0.05, 0.1) is 0 Å². The number of hydrogen-bond donors (Lipinski definition) is 1. The summed E-state index contributed by atoms with van der Waals surface area (Å²) in [5.41, 5.74) is 6.31. The fourth-order valence-corrected chi connectivity index (χ4v) is 3.09. The molecule has 0 radical (unpaired) electrons. The minimum Gasteiger partial charge on any atom is -0.346 e. The number of aryl methyl sites for hydroxylation is 1. The van der Waals surface area contributed by atoms with Crippen LogP contribution in [0.15, 0.2) is 42.7 Å². The van der Waals surface area contributed by atoms with Crippen LogP contribution in [0, 0.1) is 6.92 Å². The van der Waals surface area contributed by atoms with Crippen molar-refractivity contribution in [3.63, 3.8) is 0 Å². The second-order valence-electron chi connectivity index (χ2n) is 5.84. The number of H-pyrrole nitrogens is 1. The van der Waals surface area contributed by atoms with Crippen LogP contribution >= 0.6 is 0 Å². The molecule has 0 saturated heterocycles. The van der Waals surface area contributed by atoms with Crippen LogP contribution in [0.5, 0.6) is 0 Å². The van der Waals surface area contributed by atoms with E-state index in [2.05, 4.69) is 47.2 Å². The molecule has 2 heteroatoms. The third-order valence-corrected chi connectivity index (χ3v) is 4.54. The van der Waals surface area contributed by atoms with Crippen LogP contribution < -0.4 is 0 Å². The minimum atomic E-state index is 0.799. The number of nitrogens with one attached hydrogen (secondary N) is 1. The second-order valence-corrected chi connectivity index (χ2v) is 5.84. The number of aromatic amines is 1. The summed E-state index contributed by atoms with van der Waals surface area (Å²) in [5, 5.41) is 1.17. The maximum absolute atomic E-state index is 4.49. The minimum absolute atomic E-state index is 0.799. The first kappa shape index (κ1) is 11.7. The molecule has 1 aromatic carbocycles. The Morgan fingerprint density at radius 3 is 2.80 bits per heavy atom. The lowest BCUT2D eigenvalue weighted by Crippen LogP contribution is -2.08. The van der Waals surface area contributed by atoms with E-state index < -0.39 is 0 Å². The Kier molecular flexibility index (Phi) is 2.62. The summed E-state index contributed by atoms with van der Waals surface area (Å²) in [6, 6.07) is 11.2. The maximum Gasteiger partial charge on any atom is 0.137 e. The zero-order valence-electron chi connectivity index (χ0n) is 11.7. The van der Waals surface area contributed by atoms with Crippen molar-refractivity contribution in [3.8, 4) is 11.1 Å². The summed E-state index contributed by atoms with van der Waals surface area (Å²) >= 11 is 0. The average Bonchev–Trinajstić information content (AvgIpc) is 2.84. The van der Waals surface area contributed by atoms with Gasteiger partial charge in [0.25, 0.3) is 0 Å². The van der Waals surface area contributed by atoms with E-state index >= 15 is 0 Å². The van der Waals surface area contributed by atoms with Gasteiger partial charge < -0.3 is 4.98 Å². The fourth-order valence-electron chi connectivity index (χ4n) is 3.09. The zero-order valence-corrected chi connectivity index (χ0v) is 11.7. The standard InChI is InChI=1S/C18H18N2/c1-12-9-14(13-3-2-4-13)5-6-17(12)16-10-15-7-8-19-18(15)20-11-16/h5-11,13H,2-4H2,1H3,(H,19,20). The Balaban J connectivity index is 1.76. The third-order valence-electron chi connectivity index (χ3n) is 4.54. The van der Waals surface area contributed by atoms with Crippen LogP contribution in [0.3, 0.4) is 0 Å². The lowest BCUT2D eigenvalue weighted by molar-refractivity contribution is 0.419. The highest BCUT2D eigenvalue weighted by molar-refractivity contribution is 5.82. The van der Waals surface area contributed by atoms with Crippen molar-refractivity contribution in [1.29, 1.82) is 0 Å². The molecule has 0 aliphatic heterocycles. The summed E-state index contributed by atoms with van der Waals surface area (Å²) < 4.78 is 0. The van der Waals surface area contributed by atoms with Crippen LogP contribution in [0.2, 0.25) is 0 Å². The van der Waals surface area contributed by atoms with Crippen molar-refractivity contribution in [1.82, 2.24) is 9.97 Å². The first-order valence-corrected chi connectivity index (χ1v) is 7.35. The molecule has 20 heavy (non-hydrogen) atoms. The smallest absolute Gasteiger partial charge is 0.137 e. The summed E-state index contributed by atoms with van der Waals surface area (Å²) in [6.07, 6.45) is 8.00. The Labute approximate surface area is 118 Å². The SMILES string of the molecule is Cc1cc(C2CCC2)ccc1-c1cnc2[nH]ccc2c1. The van der Waals surface area contributed by atoms with Crippen LogP contribution in [0.4, 0.5) is 0 Å². The van der Waals surface area contributed by atoms with Gasteiger partial charge in [-0.05, 0) is 54.5 Å². The van der Waals surface area contributed by atoms with Gasteiger partial charge >= 0.3 is 0 Å². The monoisotopic (exact) mass is 262 g/mol. The van der Waals surface area contributed by atoms with Crippen molar-refractivity contribution in [2.24, 2.45) is 0 Å². The van der Waals surface area contributed by atoms with Crippen molar-refractivity contribution in [3.05, 3.63) is 53.9 Å². The molecule has 2 heterocycles. The average molecular weight is 262 g/mol. The number of nitrogens with zero attached hydrogens (tertiary/aromatic N) is 1. The summed E-state index contributed by atoms with van der Waals surface area (Å²) in [4.78, 5) is 7.63. The number of hydrogen-bond acceptors (Lipinski definition) is 1. The van der Waals surface area contributed by atoms with Gasteiger partial charge in [-0.1, -0.05) is 24.6 Å². The van der Waals surface area contributed by atoms with E-state index in [1.165, 1.54) is 46.9 Å². The van der Waals surface area contributed by atoms with Gasteiger partial charge in [-0.3, -0.25) is 0 Å². The first-order valence-electron chi connectivity index (χ1n) is 7.35. The molecule has 0 bridgehead atoms. The normalized spacial score (nSPS) is 15.4. The molecule has 100 valence electrons. The number of fused-ring (bicyclic) bond motifs is 1. The molecule has 2 aromatic heterocycles. The van der Waals surface area contributed by atoms with Gasteiger partial charge in [0, 0.05) is 23.3 Å². The topological polar surface area (TPSA) is 28.7 Å². The highest BCUT2D eigenvalue weighted by atomic mass is 14.8. The van der Waals surface area contributed by atoms with E-state index in [1.807, 2.05) is 12.4 Å². The van der Waals surface area contributed by atoms with Crippen LogP contribution in [-0.4, -0.2) is 9.97 Å². The number of aromatic nitrogens is 2. The Hall–Kier alpha value is -2.09. The summed E-state index contributed by atoms with van der Waals surface area (Å²) in [7, 11) is 0. The number of benzene rings is 1. The number of pyridine rings is 1. The lowest BCUT2D eigenvalue weighted by atomic mass is 9.79. The van der Waals surface area contributed by atoms with Crippen molar-refractivity contribution < 1.29 is 0 Å². The van der Waals surface area contributed by atoms with E-state index in [0.717, 1.165) is 11.6 Å². The first-order chi connectivity index (χ1) is 9.81. The highest BCUT2D eigenvalue weighted by Crippen LogP contribution is 2.38. The number of rotatable bonds is 2. The van der Waals surface area contributed by atoms with Crippen molar-refractivity contribution in [2.45, 2.75) is 32.1 Å². The molecule has 1 saturated carbocycles. The quantitative estimate of drug-likeness (QED) is 0.705. The Morgan fingerprint density at radius 1 is 1.15 bits per heavy atom. The Bertz CT molecular complexity index is 766. The molecule has 1 fully saturated rings. The second kappa shape index (κ2) is 4.48. The molecule has 1 N–H and O–H groups in total. The van der Waals surface area contributed by atoms with E-state index in [4.69, 9.17) is 0 Å². The maximum atomic E-state index is 4.49. The molecule has 3 aromatic rings.